The maximum atomic E-state index is 13.5. The highest BCUT2D eigenvalue weighted by Gasteiger charge is 2.30. The summed E-state index contributed by atoms with van der Waals surface area (Å²) in [5.74, 6) is -0.619. The number of likely N-dealkylation sites (N-methyl/N-ethyl adjacent to an activating group) is 1. The lowest BCUT2D eigenvalue weighted by Crippen LogP contribution is -2.47. The fraction of sp³-hybridized carbons (Fsp3) is 0.656. The predicted octanol–water partition coefficient (Wildman–Crippen LogP) is 17.9. The number of carbonyl (C=O) groups is 2. The second kappa shape index (κ2) is 52.8. The van der Waals surface area contributed by atoms with Crippen LogP contribution in [0.2, 0.25) is 0 Å². The quantitative estimate of drug-likeness (QED) is 0.0205. The van der Waals surface area contributed by atoms with Gasteiger partial charge in [-0.3, -0.25) is 18.6 Å². The number of carbonyl (C=O) groups excluding carboxylic acids is 2. The molecule has 0 saturated carbocycles. The van der Waals surface area contributed by atoms with Gasteiger partial charge in [-0.1, -0.05) is 213 Å². The molecule has 3 unspecified atom stereocenters. The first-order valence-electron chi connectivity index (χ1n) is 29.4. The number of rotatable bonds is 51. The van der Waals surface area contributed by atoms with Gasteiger partial charge < -0.3 is 19.4 Å². The van der Waals surface area contributed by atoms with Crippen molar-refractivity contribution in [2.45, 2.75) is 232 Å². The van der Waals surface area contributed by atoms with Crippen molar-refractivity contribution in [3.05, 3.63) is 122 Å². The summed E-state index contributed by atoms with van der Waals surface area (Å²) in [5.41, 5.74) is 0. The number of unbranched alkanes of at least 4 members (excludes halogenated alkanes) is 17. The average molecular weight is 1050 g/mol. The summed E-state index contributed by atoms with van der Waals surface area (Å²) < 4.78 is 30.6. The van der Waals surface area contributed by atoms with Gasteiger partial charge in [-0.25, -0.2) is 4.57 Å². The highest BCUT2D eigenvalue weighted by Crippen LogP contribution is 2.43. The molecule has 3 atom stereocenters. The van der Waals surface area contributed by atoms with Crippen LogP contribution in [0.4, 0.5) is 0 Å². The van der Waals surface area contributed by atoms with Gasteiger partial charge in [0, 0.05) is 12.8 Å². The lowest BCUT2D eigenvalue weighted by Gasteiger charge is -2.27. The number of esters is 1. The molecular formula is C64H110N2O7P+. The number of allylic oxidation sites excluding steroid dienone is 19. The van der Waals surface area contributed by atoms with Gasteiger partial charge in [-0.05, 0) is 115 Å². The minimum atomic E-state index is -4.48. The van der Waals surface area contributed by atoms with E-state index in [-0.39, 0.29) is 32.0 Å². The lowest BCUT2D eigenvalue weighted by atomic mass is 10.1. The number of nitrogens with one attached hydrogen (secondary N) is 1. The Morgan fingerprint density at radius 1 is 0.486 bits per heavy atom. The molecule has 10 heteroatoms. The van der Waals surface area contributed by atoms with Crippen LogP contribution in [0, 0.1) is 0 Å². The van der Waals surface area contributed by atoms with E-state index in [0.717, 1.165) is 96.3 Å². The Bertz CT molecular complexity index is 1680. The Hall–Kier alpha value is -3.59. The fourth-order valence-corrected chi connectivity index (χ4v) is 8.34. The van der Waals surface area contributed by atoms with Gasteiger partial charge in [0.25, 0.3) is 0 Å². The molecule has 0 fully saturated rings. The van der Waals surface area contributed by atoms with Crippen LogP contribution in [0.25, 0.3) is 0 Å². The molecule has 0 aromatic rings. The normalized spacial score (nSPS) is 14.6. The van der Waals surface area contributed by atoms with Crippen LogP contribution < -0.4 is 5.32 Å². The van der Waals surface area contributed by atoms with E-state index in [0.29, 0.717) is 23.9 Å². The van der Waals surface area contributed by atoms with Crippen LogP contribution in [0.15, 0.2) is 122 Å². The van der Waals surface area contributed by atoms with E-state index in [1.807, 2.05) is 33.3 Å². The van der Waals surface area contributed by atoms with Crippen molar-refractivity contribution in [2.75, 3.05) is 40.9 Å². The summed E-state index contributed by atoms with van der Waals surface area (Å²) in [4.78, 5) is 37.6. The minimum absolute atomic E-state index is 0.0183. The highest BCUT2D eigenvalue weighted by molar-refractivity contribution is 7.47. The summed E-state index contributed by atoms with van der Waals surface area (Å²) in [5, 5.41) is 3.01. The number of hydrogen-bond acceptors (Lipinski definition) is 6. The fourth-order valence-electron chi connectivity index (χ4n) is 7.60. The zero-order valence-corrected chi connectivity index (χ0v) is 48.9. The van der Waals surface area contributed by atoms with Crippen LogP contribution in [0.5, 0.6) is 0 Å². The summed E-state index contributed by atoms with van der Waals surface area (Å²) in [6, 6.07) is -0.896. The molecular weight excluding hydrogens is 940 g/mol. The molecule has 0 aromatic carbocycles. The molecule has 0 rings (SSSR count). The Kier molecular flexibility index (Phi) is 50.3. The van der Waals surface area contributed by atoms with Crippen LogP contribution in [-0.4, -0.2) is 74.3 Å². The number of amides is 1. The zero-order chi connectivity index (χ0) is 54.3. The summed E-state index contributed by atoms with van der Waals surface area (Å²) in [7, 11) is 1.42. The molecule has 1 amide bonds. The topological polar surface area (TPSA) is 111 Å². The number of nitrogens with zero attached hydrogens (tertiary/aromatic N) is 1. The van der Waals surface area contributed by atoms with Crippen molar-refractivity contribution in [3.8, 4) is 0 Å². The smallest absolute Gasteiger partial charge is 0.456 e. The molecule has 0 heterocycles. The average Bonchev–Trinajstić information content (AvgIpc) is 3.36. The molecule has 9 nitrogen and oxygen atoms in total. The van der Waals surface area contributed by atoms with Crippen molar-refractivity contribution >= 4 is 19.7 Å². The monoisotopic (exact) mass is 1050 g/mol. The van der Waals surface area contributed by atoms with E-state index >= 15 is 0 Å². The van der Waals surface area contributed by atoms with Crippen molar-refractivity contribution in [1.29, 1.82) is 0 Å². The molecule has 0 saturated heterocycles. The third-order valence-electron chi connectivity index (χ3n) is 12.1. The largest absolute Gasteiger partial charge is 0.472 e. The number of phosphoric ester groups is 1. The van der Waals surface area contributed by atoms with Gasteiger partial charge in [0.2, 0.25) is 5.91 Å². The van der Waals surface area contributed by atoms with Gasteiger partial charge in [0.05, 0.1) is 33.8 Å². The maximum absolute atomic E-state index is 13.5. The number of phosphoric acid groups is 1. The minimum Gasteiger partial charge on any atom is -0.456 e. The molecule has 74 heavy (non-hydrogen) atoms. The Morgan fingerprint density at radius 3 is 1.35 bits per heavy atom. The number of hydrogen-bond donors (Lipinski definition) is 2. The van der Waals surface area contributed by atoms with Gasteiger partial charge in [-0.15, -0.1) is 0 Å². The van der Waals surface area contributed by atoms with Crippen molar-refractivity contribution in [1.82, 2.24) is 5.32 Å². The predicted molar refractivity (Wildman–Crippen MR) is 318 cm³/mol. The maximum Gasteiger partial charge on any atom is 0.472 e. The molecule has 0 radical (unpaired) electrons. The van der Waals surface area contributed by atoms with E-state index < -0.39 is 25.9 Å². The number of quaternary nitrogens is 1. The molecule has 0 aromatic heterocycles. The SMILES string of the molecule is CC/C=C\C/C=C\C/C=C\C/C=C\C/C=C\CCCC(=O)OC(/C=C/CCCCCCCCCCCC)C(COP(=O)(O)OCC[N+](C)(C)C)NC(=O)CCCCC/C=C\C/C=C\C/C=C\C/C=C\CCCCC. The summed E-state index contributed by atoms with van der Waals surface area (Å²) >= 11 is 0. The molecule has 422 valence electrons. The second-order valence-electron chi connectivity index (χ2n) is 20.4. The standard InChI is InChI=1S/C64H109N2O7P/c1-7-10-13-16-19-22-25-28-30-32-33-35-36-38-41-44-47-50-53-56-63(67)65-61(60-72-74(69,70)71-59-58-66(4,5)6)62(55-52-49-46-43-40-27-24-21-18-15-12-9-3)73-64(68)57-54-51-48-45-42-39-37-34-31-29-26-23-20-17-14-11-8-2/h11,14,19-20,22-23,28-31,33,35,37-39,41,45,48,52,55,61-62H,7-10,12-13,15-18,21,24-27,32,34,36,40,42-44,46-47,49-51,53-54,56-60H2,1-6H3,(H-,65,67,69,70)/p+1/b14-11-,22-19-,23-20-,30-28-,31-29-,35-33-,39-37-,41-38-,48-45-,55-52+. The summed E-state index contributed by atoms with van der Waals surface area (Å²) in [6.45, 7) is 6.78. The van der Waals surface area contributed by atoms with Gasteiger partial charge in [0.1, 0.15) is 19.3 Å². The van der Waals surface area contributed by atoms with Crippen molar-refractivity contribution < 1.29 is 37.3 Å². The molecule has 0 aliphatic heterocycles. The Labute approximate surface area is 454 Å². The molecule has 2 N–H and O–H groups in total. The molecule has 0 bridgehead atoms. The highest BCUT2D eigenvalue weighted by atomic mass is 31.2. The van der Waals surface area contributed by atoms with E-state index in [1.165, 1.54) is 77.0 Å². The first kappa shape index (κ1) is 70.4. The van der Waals surface area contributed by atoms with Crippen LogP contribution in [-0.2, 0) is 27.9 Å². The lowest BCUT2D eigenvalue weighted by molar-refractivity contribution is -0.870. The molecule has 0 spiro atoms. The Morgan fingerprint density at radius 2 is 0.878 bits per heavy atom. The van der Waals surface area contributed by atoms with Crippen LogP contribution >= 0.6 is 7.82 Å². The molecule has 0 aliphatic carbocycles. The number of ether oxygens (including phenoxy) is 1. The van der Waals surface area contributed by atoms with Crippen LogP contribution in [0.1, 0.15) is 220 Å². The third-order valence-corrected chi connectivity index (χ3v) is 13.1. The van der Waals surface area contributed by atoms with Crippen LogP contribution in [0.3, 0.4) is 0 Å². The van der Waals surface area contributed by atoms with Crippen molar-refractivity contribution in [2.24, 2.45) is 0 Å². The zero-order valence-electron chi connectivity index (χ0n) is 48.0. The first-order valence-corrected chi connectivity index (χ1v) is 30.9. The van der Waals surface area contributed by atoms with Crippen molar-refractivity contribution in [3.63, 3.8) is 0 Å². The summed E-state index contributed by atoms with van der Waals surface area (Å²) in [6.07, 6.45) is 73.5. The van der Waals surface area contributed by atoms with Gasteiger partial charge in [0.15, 0.2) is 0 Å². The second-order valence-corrected chi connectivity index (χ2v) is 21.9. The van der Waals surface area contributed by atoms with E-state index in [1.54, 1.807) is 0 Å². The first-order chi connectivity index (χ1) is 35.9. The van der Waals surface area contributed by atoms with E-state index in [9.17, 15) is 19.0 Å². The van der Waals surface area contributed by atoms with Gasteiger partial charge in [-0.2, -0.15) is 0 Å². The van der Waals surface area contributed by atoms with E-state index in [4.69, 9.17) is 13.8 Å². The molecule has 0 aliphatic rings. The van der Waals surface area contributed by atoms with Gasteiger partial charge >= 0.3 is 13.8 Å². The third kappa shape index (κ3) is 53.2. The van der Waals surface area contributed by atoms with E-state index in [2.05, 4.69) is 135 Å². The Balaban J connectivity index is 5.49.